The van der Waals surface area contributed by atoms with Gasteiger partial charge < -0.3 is 29.9 Å². The summed E-state index contributed by atoms with van der Waals surface area (Å²) in [5, 5.41) is 33.5. The minimum Gasteiger partial charge on any atom is -0.450 e. The van der Waals surface area contributed by atoms with Crippen molar-refractivity contribution in [3.63, 3.8) is 0 Å². The first-order valence-corrected chi connectivity index (χ1v) is 7.52. The van der Waals surface area contributed by atoms with Gasteiger partial charge in [0.1, 0.15) is 13.2 Å². The molecule has 140 valence electrons. The van der Waals surface area contributed by atoms with E-state index in [2.05, 4.69) is 22.6 Å². The zero-order valence-corrected chi connectivity index (χ0v) is 13.9. The van der Waals surface area contributed by atoms with Crippen LogP contribution in [0.25, 0.3) is 0 Å². The molecule has 0 unspecified atom stereocenters. The summed E-state index contributed by atoms with van der Waals surface area (Å²) in [5.41, 5.74) is -0.127. The number of aliphatic hydroxyl groups excluding tert-OH is 2. The Kier molecular flexibility index (Phi) is 16.0. The Morgan fingerprint density at radius 1 is 0.875 bits per heavy atom. The number of aliphatic hydroxyl groups is 2. The van der Waals surface area contributed by atoms with E-state index in [4.69, 9.17) is 20.4 Å². The van der Waals surface area contributed by atoms with Crippen LogP contribution >= 0.6 is 0 Å². The fourth-order valence-electron chi connectivity index (χ4n) is 1.93. The van der Waals surface area contributed by atoms with Crippen LogP contribution in [0, 0.1) is 5.41 Å². The van der Waals surface area contributed by atoms with E-state index < -0.39 is 12.3 Å². The molecule has 0 aromatic rings. The second-order valence-corrected chi connectivity index (χ2v) is 5.11. The highest BCUT2D eigenvalue weighted by atomic mass is 16.7. The normalized spacial score (nSPS) is 14.6. The summed E-state index contributed by atoms with van der Waals surface area (Å²) in [6.45, 7) is 6.93. The third-order valence-electron chi connectivity index (χ3n) is 3.23. The van der Waals surface area contributed by atoms with Crippen molar-refractivity contribution in [3.05, 3.63) is 25.3 Å². The van der Waals surface area contributed by atoms with E-state index in [0.717, 1.165) is 12.8 Å². The summed E-state index contributed by atoms with van der Waals surface area (Å²) in [4.78, 5) is 19.0. The van der Waals surface area contributed by atoms with Crippen molar-refractivity contribution in [2.24, 2.45) is 5.41 Å². The Balaban J connectivity index is 0. The van der Waals surface area contributed by atoms with Gasteiger partial charge in [0.2, 0.25) is 0 Å². The maximum atomic E-state index is 9.49. The Bertz CT molecular complexity index is 333. The van der Waals surface area contributed by atoms with Crippen LogP contribution in [0.4, 0.5) is 9.59 Å². The molecule has 8 heteroatoms. The van der Waals surface area contributed by atoms with Crippen molar-refractivity contribution >= 4 is 12.3 Å². The molecule has 0 bridgehead atoms. The minimum atomic E-state index is -1.26. The molecule has 0 heterocycles. The lowest BCUT2D eigenvalue weighted by atomic mass is 9.75. The number of ether oxygens (including phenoxy) is 2. The van der Waals surface area contributed by atoms with Crippen molar-refractivity contribution < 1.29 is 39.5 Å². The highest BCUT2D eigenvalue weighted by Gasteiger charge is 2.30. The lowest BCUT2D eigenvalue weighted by Crippen LogP contribution is -2.31. The number of carbonyl (C=O) groups is 2. The van der Waals surface area contributed by atoms with Gasteiger partial charge in [-0.2, -0.15) is 0 Å². The summed E-state index contributed by atoms with van der Waals surface area (Å²) in [6.07, 6.45) is 5.81. The van der Waals surface area contributed by atoms with Crippen LogP contribution in [-0.2, 0) is 9.47 Å². The fourth-order valence-corrected chi connectivity index (χ4v) is 1.93. The monoisotopic (exact) mass is 348 g/mol. The zero-order valence-electron chi connectivity index (χ0n) is 13.9. The molecule has 0 radical (unpaired) electrons. The van der Waals surface area contributed by atoms with E-state index in [0.29, 0.717) is 0 Å². The number of hydrogen-bond acceptors (Lipinski definition) is 6. The smallest absolute Gasteiger partial charge is 0.450 e. The maximum Gasteiger partial charge on any atom is 0.506 e. The highest BCUT2D eigenvalue weighted by molar-refractivity contribution is 5.57. The first kappa shape index (κ1) is 24.2. The number of rotatable bonds is 6. The Morgan fingerprint density at radius 3 is 1.42 bits per heavy atom. The van der Waals surface area contributed by atoms with Crippen LogP contribution in [0.1, 0.15) is 32.1 Å². The van der Waals surface area contributed by atoms with Gasteiger partial charge in [-0.05, 0) is 12.8 Å². The maximum absolute atomic E-state index is 9.49. The van der Waals surface area contributed by atoms with Crippen LogP contribution < -0.4 is 0 Å². The van der Waals surface area contributed by atoms with Gasteiger partial charge >= 0.3 is 12.3 Å². The predicted octanol–water partition coefficient (Wildman–Crippen LogP) is 2.66. The molecule has 0 aromatic carbocycles. The average molecular weight is 348 g/mol. The van der Waals surface area contributed by atoms with E-state index in [9.17, 15) is 9.59 Å². The van der Waals surface area contributed by atoms with E-state index in [1.807, 2.05) is 0 Å². The highest BCUT2D eigenvalue weighted by Crippen LogP contribution is 2.34. The third kappa shape index (κ3) is 14.9. The number of hydrogen-bond donors (Lipinski definition) is 4. The molecule has 1 fully saturated rings. The van der Waals surface area contributed by atoms with Gasteiger partial charge in [-0.1, -0.05) is 44.6 Å². The summed E-state index contributed by atoms with van der Waals surface area (Å²) in [6, 6.07) is 0. The van der Waals surface area contributed by atoms with E-state index >= 15 is 0 Å². The van der Waals surface area contributed by atoms with Crippen LogP contribution in [0.2, 0.25) is 0 Å². The minimum absolute atomic E-state index is 0.0648. The summed E-state index contributed by atoms with van der Waals surface area (Å²) >= 11 is 0. The Hall–Kier alpha value is -2.06. The molecule has 1 saturated carbocycles. The van der Waals surface area contributed by atoms with Crippen LogP contribution in [-0.4, -0.2) is 59.2 Å². The van der Waals surface area contributed by atoms with Gasteiger partial charge in [0.25, 0.3) is 0 Å². The van der Waals surface area contributed by atoms with Gasteiger partial charge in [0.15, 0.2) is 0 Å². The lowest BCUT2D eigenvalue weighted by molar-refractivity contribution is 0.0234. The van der Waals surface area contributed by atoms with Crippen LogP contribution in [0.5, 0.6) is 0 Å². The topological polar surface area (TPSA) is 134 Å². The van der Waals surface area contributed by atoms with Crippen molar-refractivity contribution in [2.45, 2.75) is 32.1 Å². The van der Waals surface area contributed by atoms with Gasteiger partial charge in [-0.25, -0.2) is 9.59 Å². The van der Waals surface area contributed by atoms with E-state index in [1.165, 1.54) is 31.4 Å². The van der Waals surface area contributed by atoms with Crippen molar-refractivity contribution in [2.75, 3.05) is 26.4 Å². The zero-order chi connectivity index (χ0) is 18.8. The van der Waals surface area contributed by atoms with Crippen LogP contribution in [0.3, 0.4) is 0 Å². The molecule has 0 amide bonds. The second kappa shape index (κ2) is 15.8. The summed E-state index contributed by atoms with van der Waals surface area (Å²) in [5.74, 6) is 0. The lowest BCUT2D eigenvalue weighted by Gasteiger charge is -2.33. The fraction of sp³-hybridized carbons (Fsp3) is 0.625. The second-order valence-electron chi connectivity index (χ2n) is 5.11. The van der Waals surface area contributed by atoms with E-state index in [1.54, 1.807) is 0 Å². The van der Waals surface area contributed by atoms with E-state index in [-0.39, 0.29) is 31.8 Å². The molecule has 8 nitrogen and oxygen atoms in total. The molecular formula is C16H28O8. The van der Waals surface area contributed by atoms with Gasteiger partial charge in [-0.3, -0.25) is 0 Å². The van der Waals surface area contributed by atoms with Crippen molar-refractivity contribution in [1.29, 1.82) is 0 Å². The molecule has 0 aliphatic heterocycles. The first-order valence-electron chi connectivity index (χ1n) is 7.52. The molecule has 4 N–H and O–H groups in total. The number of carboxylic acid groups (broad SMARTS) is 2. The summed E-state index contributed by atoms with van der Waals surface area (Å²) < 4.78 is 7.98. The molecule has 0 spiro atoms. The Labute approximate surface area is 142 Å². The van der Waals surface area contributed by atoms with Crippen molar-refractivity contribution in [1.82, 2.24) is 0 Å². The molecule has 0 atom stereocenters. The standard InChI is InChI=1S/C8H16O2.2C4H6O3/c9-6-8(7-10)4-2-1-3-5-8;2*1-2-3-7-4(5)6/h9-10H,1-7H2;2*2H,1,3H2,(H,5,6). The van der Waals surface area contributed by atoms with Gasteiger partial charge in [-0.15, -0.1) is 0 Å². The molecule has 1 rings (SSSR count). The predicted molar refractivity (Wildman–Crippen MR) is 88.0 cm³/mol. The molecule has 1 aliphatic rings. The SMILES string of the molecule is C=CCOC(=O)O.C=CCOC(=O)O.OCC1(CO)CCCCC1. The third-order valence-corrected chi connectivity index (χ3v) is 3.23. The molecule has 0 aromatic heterocycles. The summed E-state index contributed by atoms with van der Waals surface area (Å²) in [7, 11) is 0. The van der Waals surface area contributed by atoms with Crippen molar-refractivity contribution in [3.8, 4) is 0 Å². The largest absolute Gasteiger partial charge is 0.506 e. The van der Waals surface area contributed by atoms with Gasteiger partial charge in [0, 0.05) is 5.41 Å². The first-order chi connectivity index (χ1) is 11.4. The molecule has 0 saturated heterocycles. The quantitative estimate of drug-likeness (QED) is 0.425. The molecular weight excluding hydrogens is 320 g/mol. The van der Waals surface area contributed by atoms with Crippen LogP contribution in [0.15, 0.2) is 25.3 Å². The van der Waals surface area contributed by atoms with Gasteiger partial charge in [0.05, 0.1) is 13.2 Å². The molecule has 24 heavy (non-hydrogen) atoms. The Morgan fingerprint density at radius 2 is 1.25 bits per heavy atom. The molecule has 1 aliphatic carbocycles. The average Bonchev–Trinajstić information content (AvgIpc) is 2.59.